The third-order valence-electron chi connectivity index (χ3n) is 3.81. The Morgan fingerprint density at radius 1 is 1.38 bits per heavy atom. The van der Waals surface area contributed by atoms with Gasteiger partial charge >= 0.3 is 0 Å². The molecule has 1 aliphatic rings. The summed E-state index contributed by atoms with van der Waals surface area (Å²) in [6.45, 7) is 11.5. The SMILES string of the molecule is CCNC(=O)C(C)(C)CNC(=NC)N1CCCC(C)C1.I. The smallest absolute Gasteiger partial charge is 0.227 e. The van der Waals surface area contributed by atoms with Crippen molar-refractivity contribution in [1.82, 2.24) is 15.5 Å². The highest BCUT2D eigenvalue weighted by molar-refractivity contribution is 14.0. The van der Waals surface area contributed by atoms with Crippen LogP contribution in [0.1, 0.15) is 40.5 Å². The number of hydrogen-bond acceptors (Lipinski definition) is 2. The number of guanidine groups is 1. The first-order valence-electron chi connectivity index (χ1n) is 7.64. The second-order valence-corrected chi connectivity index (χ2v) is 6.34. The minimum atomic E-state index is -0.437. The fraction of sp³-hybridized carbons (Fsp3) is 0.867. The minimum Gasteiger partial charge on any atom is -0.356 e. The van der Waals surface area contributed by atoms with Gasteiger partial charge in [0.2, 0.25) is 5.91 Å². The first kappa shape index (κ1) is 20.5. The number of halogens is 1. The van der Waals surface area contributed by atoms with Crippen molar-refractivity contribution in [3.63, 3.8) is 0 Å². The molecule has 1 amide bonds. The number of hydrogen-bond donors (Lipinski definition) is 2. The van der Waals surface area contributed by atoms with Gasteiger partial charge in [-0.25, -0.2) is 0 Å². The van der Waals surface area contributed by atoms with Crippen LogP contribution in [-0.2, 0) is 4.79 Å². The number of likely N-dealkylation sites (tertiary alicyclic amines) is 1. The van der Waals surface area contributed by atoms with E-state index in [0.717, 1.165) is 19.0 Å². The van der Waals surface area contributed by atoms with Crippen LogP contribution in [0.4, 0.5) is 0 Å². The molecule has 0 saturated carbocycles. The molecular weight excluding hydrogens is 379 g/mol. The van der Waals surface area contributed by atoms with Gasteiger partial charge in [0.15, 0.2) is 5.96 Å². The summed E-state index contributed by atoms with van der Waals surface area (Å²) >= 11 is 0. The van der Waals surface area contributed by atoms with Crippen molar-refractivity contribution in [3.05, 3.63) is 0 Å². The molecule has 2 N–H and O–H groups in total. The van der Waals surface area contributed by atoms with Gasteiger partial charge in [-0.1, -0.05) is 6.92 Å². The molecule has 0 aromatic rings. The van der Waals surface area contributed by atoms with Crippen molar-refractivity contribution < 1.29 is 4.79 Å². The monoisotopic (exact) mass is 410 g/mol. The summed E-state index contributed by atoms with van der Waals surface area (Å²) in [5.74, 6) is 1.70. The standard InChI is InChI=1S/C15H30N4O.HI/c1-6-17-13(20)15(3,4)11-18-14(16-5)19-9-7-8-12(2)10-19;/h12H,6-11H2,1-5H3,(H,16,18)(H,17,20);1H. The van der Waals surface area contributed by atoms with Gasteiger partial charge in [-0.2, -0.15) is 0 Å². The van der Waals surface area contributed by atoms with Crippen LogP contribution >= 0.6 is 24.0 Å². The third kappa shape index (κ3) is 6.40. The Hall–Kier alpha value is -0.530. The molecular formula is C15H31IN4O. The molecule has 0 aliphatic carbocycles. The Labute approximate surface area is 146 Å². The quantitative estimate of drug-likeness (QED) is 0.424. The molecule has 5 nitrogen and oxygen atoms in total. The zero-order valence-electron chi connectivity index (χ0n) is 14.0. The van der Waals surface area contributed by atoms with Crippen LogP contribution in [0.25, 0.3) is 0 Å². The van der Waals surface area contributed by atoms with Crippen molar-refractivity contribution in [2.75, 3.05) is 33.2 Å². The normalized spacial score (nSPS) is 19.8. The number of amides is 1. The van der Waals surface area contributed by atoms with Crippen LogP contribution in [0, 0.1) is 11.3 Å². The topological polar surface area (TPSA) is 56.7 Å². The fourth-order valence-electron chi connectivity index (χ4n) is 2.49. The summed E-state index contributed by atoms with van der Waals surface area (Å²) in [4.78, 5) is 18.6. The lowest BCUT2D eigenvalue weighted by Gasteiger charge is -2.35. The maximum absolute atomic E-state index is 12.0. The molecule has 1 aliphatic heterocycles. The minimum absolute atomic E-state index is 0. The summed E-state index contributed by atoms with van der Waals surface area (Å²) < 4.78 is 0. The van der Waals surface area contributed by atoms with Crippen molar-refractivity contribution in [2.45, 2.75) is 40.5 Å². The van der Waals surface area contributed by atoms with Gasteiger partial charge in [-0.05, 0) is 39.5 Å². The van der Waals surface area contributed by atoms with Crippen molar-refractivity contribution >= 4 is 35.8 Å². The number of carbonyl (C=O) groups excluding carboxylic acids is 1. The molecule has 1 saturated heterocycles. The Kier molecular flexibility index (Phi) is 9.24. The van der Waals surface area contributed by atoms with Gasteiger partial charge in [0.05, 0.1) is 5.41 Å². The van der Waals surface area contributed by atoms with Gasteiger partial charge in [-0.15, -0.1) is 24.0 Å². The van der Waals surface area contributed by atoms with Crippen LogP contribution in [-0.4, -0.2) is 50.0 Å². The van der Waals surface area contributed by atoms with E-state index in [9.17, 15) is 4.79 Å². The predicted octanol–water partition coefficient (Wildman–Crippen LogP) is 2.07. The van der Waals surface area contributed by atoms with E-state index >= 15 is 0 Å². The van der Waals surface area contributed by atoms with E-state index in [2.05, 4.69) is 27.4 Å². The van der Waals surface area contributed by atoms with Gasteiger partial charge < -0.3 is 15.5 Å². The van der Waals surface area contributed by atoms with E-state index in [0.29, 0.717) is 19.0 Å². The van der Waals surface area contributed by atoms with Crippen LogP contribution < -0.4 is 10.6 Å². The molecule has 1 atom stereocenters. The molecule has 1 unspecified atom stereocenters. The fourth-order valence-corrected chi connectivity index (χ4v) is 2.49. The molecule has 124 valence electrons. The Morgan fingerprint density at radius 2 is 2.05 bits per heavy atom. The maximum Gasteiger partial charge on any atom is 0.227 e. The second kappa shape index (κ2) is 9.48. The second-order valence-electron chi connectivity index (χ2n) is 6.34. The van der Waals surface area contributed by atoms with E-state index in [1.165, 1.54) is 12.8 Å². The Morgan fingerprint density at radius 3 is 2.57 bits per heavy atom. The highest BCUT2D eigenvalue weighted by Gasteiger charge is 2.28. The molecule has 0 aromatic carbocycles. The van der Waals surface area contributed by atoms with E-state index in [-0.39, 0.29) is 29.9 Å². The van der Waals surface area contributed by atoms with Crippen molar-refractivity contribution in [1.29, 1.82) is 0 Å². The lowest BCUT2D eigenvalue weighted by molar-refractivity contribution is -0.128. The van der Waals surface area contributed by atoms with Crippen LogP contribution in [0.3, 0.4) is 0 Å². The molecule has 0 spiro atoms. The van der Waals surface area contributed by atoms with Gasteiger partial charge in [0.1, 0.15) is 0 Å². The molecule has 1 rings (SSSR count). The van der Waals surface area contributed by atoms with E-state index < -0.39 is 5.41 Å². The van der Waals surface area contributed by atoms with E-state index in [1.54, 1.807) is 7.05 Å². The molecule has 6 heteroatoms. The first-order valence-corrected chi connectivity index (χ1v) is 7.64. The average Bonchev–Trinajstić information content (AvgIpc) is 2.39. The molecule has 1 heterocycles. The third-order valence-corrected chi connectivity index (χ3v) is 3.81. The van der Waals surface area contributed by atoms with Gasteiger partial charge in [0, 0.05) is 33.2 Å². The van der Waals surface area contributed by atoms with E-state index in [1.807, 2.05) is 20.8 Å². The van der Waals surface area contributed by atoms with Crippen molar-refractivity contribution in [3.8, 4) is 0 Å². The molecule has 0 aromatic heterocycles. The zero-order valence-corrected chi connectivity index (χ0v) is 16.4. The molecule has 21 heavy (non-hydrogen) atoms. The van der Waals surface area contributed by atoms with Gasteiger partial charge in [-0.3, -0.25) is 9.79 Å². The summed E-state index contributed by atoms with van der Waals surface area (Å²) in [6, 6.07) is 0. The van der Waals surface area contributed by atoms with Crippen molar-refractivity contribution in [2.24, 2.45) is 16.3 Å². The van der Waals surface area contributed by atoms with E-state index in [4.69, 9.17) is 0 Å². The summed E-state index contributed by atoms with van der Waals surface area (Å²) in [5.41, 5.74) is -0.437. The molecule has 0 radical (unpaired) electrons. The molecule has 0 bridgehead atoms. The molecule has 1 fully saturated rings. The first-order chi connectivity index (χ1) is 9.40. The predicted molar refractivity (Wildman–Crippen MR) is 99.2 cm³/mol. The average molecular weight is 410 g/mol. The highest BCUT2D eigenvalue weighted by Crippen LogP contribution is 2.17. The number of rotatable bonds is 4. The number of carbonyl (C=O) groups is 1. The lowest BCUT2D eigenvalue weighted by atomic mass is 9.92. The Bertz CT molecular complexity index is 358. The number of nitrogens with zero attached hydrogens (tertiary/aromatic N) is 2. The number of piperidine rings is 1. The van der Waals surface area contributed by atoms with Crippen LogP contribution in [0.2, 0.25) is 0 Å². The maximum atomic E-state index is 12.0. The van der Waals surface area contributed by atoms with Crippen LogP contribution in [0.15, 0.2) is 4.99 Å². The lowest BCUT2D eigenvalue weighted by Crippen LogP contribution is -2.51. The zero-order chi connectivity index (χ0) is 15.2. The highest BCUT2D eigenvalue weighted by atomic mass is 127. The summed E-state index contributed by atoms with van der Waals surface area (Å²) in [5, 5.41) is 6.24. The largest absolute Gasteiger partial charge is 0.356 e. The Balaban J connectivity index is 0.00000400. The summed E-state index contributed by atoms with van der Waals surface area (Å²) in [6.07, 6.45) is 2.50. The number of aliphatic imine (C=N–C) groups is 1. The van der Waals surface area contributed by atoms with Gasteiger partial charge in [0.25, 0.3) is 0 Å². The van der Waals surface area contributed by atoms with Crippen LogP contribution in [0.5, 0.6) is 0 Å². The number of nitrogens with one attached hydrogen (secondary N) is 2. The summed E-state index contributed by atoms with van der Waals surface area (Å²) in [7, 11) is 1.81.